The van der Waals surface area contributed by atoms with Gasteiger partial charge in [-0.1, -0.05) is 60.2 Å². The molecule has 0 aromatic heterocycles. The summed E-state index contributed by atoms with van der Waals surface area (Å²) in [7, 11) is 0. The average Bonchev–Trinajstić information content (AvgIpc) is 3.59. The van der Waals surface area contributed by atoms with Crippen LogP contribution >= 0.6 is 0 Å². The van der Waals surface area contributed by atoms with Crippen LogP contribution in [0.25, 0.3) is 0 Å². The Balaban J connectivity index is 1.46. The predicted octanol–water partition coefficient (Wildman–Crippen LogP) is 2.14. The molecule has 2 N–H and O–H groups in total. The van der Waals surface area contributed by atoms with Gasteiger partial charge in [0.05, 0.1) is 0 Å². The zero-order valence-corrected chi connectivity index (χ0v) is 21.9. The van der Waals surface area contributed by atoms with E-state index < -0.39 is 24.2 Å². The van der Waals surface area contributed by atoms with Crippen molar-refractivity contribution in [2.45, 2.75) is 76.0 Å². The summed E-state index contributed by atoms with van der Waals surface area (Å²) in [6.07, 6.45) is 3.47. The maximum absolute atomic E-state index is 13.9. The van der Waals surface area contributed by atoms with Crippen LogP contribution in [-0.4, -0.2) is 70.7 Å². The fourth-order valence-corrected chi connectivity index (χ4v) is 5.99. The van der Waals surface area contributed by atoms with Crippen LogP contribution in [0.4, 0.5) is 0 Å². The largest absolute Gasteiger partial charge is 0.351 e. The van der Waals surface area contributed by atoms with Crippen molar-refractivity contribution in [1.82, 2.24) is 20.4 Å². The highest BCUT2D eigenvalue weighted by Crippen LogP contribution is 2.26. The minimum atomic E-state index is -0.790. The number of hydrogen-bond acceptors (Lipinski definition) is 4. The summed E-state index contributed by atoms with van der Waals surface area (Å²) < 4.78 is 0. The van der Waals surface area contributed by atoms with E-state index in [1.807, 2.05) is 61.5 Å². The molecule has 38 heavy (non-hydrogen) atoms. The fourth-order valence-electron chi connectivity index (χ4n) is 5.99. The van der Waals surface area contributed by atoms with E-state index >= 15 is 0 Å². The zero-order valence-electron chi connectivity index (χ0n) is 21.9. The van der Waals surface area contributed by atoms with E-state index in [0.29, 0.717) is 38.8 Å². The first-order valence-electron chi connectivity index (χ1n) is 13.7. The second-order valence-corrected chi connectivity index (χ2v) is 10.8. The smallest absolute Gasteiger partial charge is 0.246 e. The first kappa shape index (κ1) is 25.9. The molecule has 4 amide bonds. The van der Waals surface area contributed by atoms with E-state index in [0.717, 1.165) is 29.5 Å². The minimum absolute atomic E-state index is 0.0441. The lowest BCUT2D eigenvalue weighted by Crippen LogP contribution is -2.56. The van der Waals surface area contributed by atoms with E-state index in [1.54, 1.807) is 9.80 Å². The first-order chi connectivity index (χ1) is 18.4. The molecule has 4 atom stereocenters. The first-order valence-corrected chi connectivity index (χ1v) is 13.7. The van der Waals surface area contributed by atoms with Crippen LogP contribution in [0.2, 0.25) is 0 Å². The molecular weight excluding hydrogens is 480 g/mol. The van der Waals surface area contributed by atoms with Gasteiger partial charge in [-0.05, 0) is 50.2 Å². The normalized spacial score (nSPS) is 26.6. The second-order valence-electron chi connectivity index (χ2n) is 10.8. The zero-order chi connectivity index (χ0) is 26.6. The van der Waals surface area contributed by atoms with Crippen LogP contribution in [0, 0.1) is 6.92 Å². The van der Waals surface area contributed by atoms with Crippen LogP contribution in [0.15, 0.2) is 54.6 Å². The molecule has 0 aliphatic carbocycles. The molecule has 0 saturated carbocycles. The standard InChI is InChI=1S/C30H36N4O4/c1-20-11-13-22(14-12-20)18-24-29(37)34-16-6-10-26(34)30(38)33-15-5-9-25(33)28(36)31-23(19-27(35)32-24)17-21-7-3-2-4-8-21/h2-4,7-8,11-14,23-26H,5-6,9-10,15-19H2,1H3,(H,31,36)(H,32,35). The van der Waals surface area contributed by atoms with Crippen molar-refractivity contribution in [2.24, 2.45) is 0 Å². The molecule has 3 aliphatic rings. The number of benzene rings is 2. The van der Waals surface area contributed by atoms with Gasteiger partial charge in [-0.3, -0.25) is 19.2 Å². The Kier molecular flexibility index (Phi) is 7.77. The third-order valence-electron chi connectivity index (χ3n) is 7.96. The van der Waals surface area contributed by atoms with Gasteiger partial charge in [-0.2, -0.15) is 0 Å². The number of nitrogens with zero attached hydrogens (tertiary/aromatic N) is 2. The van der Waals surface area contributed by atoms with E-state index in [1.165, 1.54) is 0 Å². The van der Waals surface area contributed by atoms with Crippen LogP contribution in [0.3, 0.4) is 0 Å². The number of rotatable bonds is 4. The quantitative estimate of drug-likeness (QED) is 0.651. The predicted molar refractivity (Wildman–Crippen MR) is 143 cm³/mol. The Morgan fingerprint density at radius 1 is 0.737 bits per heavy atom. The summed E-state index contributed by atoms with van der Waals surface area (Å²) in [5, 5.41) is 6.05. The van der Waals surface area contributed by atoms with Crippen molar-refractivity contribution >= 4 is 23.6 Å². The Bertz CT molecular complexity index is 1180. The van der Waals surface area contributed by atoms with Gasteiger partial charge in [0.2, 0.25) is 23.6 Å². The molecule has 3 saturated heterocycles. The van der Waals surface area contributed by atoms with Crippen LogP contribution < -0.4 is 10.6 Å². The van der Waals surface area contributed by atoms with Gasteiger partial charge in [-0.25, -0.2) is 0 Å². The second kappa shape index (κ2) is 11.4. The number of hydrogen-bond donors (Lipinski definition) is 2. The lowest BCUT2D eigenvalue weighted by atomic mass is 10.0. The van der Waals surface area contributed by atoms with E-state index in [9.17, 15) is 19.2 Å². The van der Waals surface area contributed by atoms with Crippen molar-refractivity contribution in [1.29, 1.82) is 0 Å². The summed E-state index contributed by atoms with van der Waals surface area (Å²) in [6, 6.07) is 15.2. The molecule has 5 rings (SSSR count). The number of carbonyl (C=O) groups excluding carboxylic acids is 4. The van der Waals surface area contributed by atoms with Crippen LogP contribution in [0.5, 0.6) is 0 Å². The SMILES string of the molecule is Cc1ccc(CC2NC(=O)CC(Cc3ccccc3)NC(=O)C3CCCN3C(=O)C3CCCN3C2=O)cc1. The number of nitrogens with one attached hydrogen (secondary N) is 2. The Morgan fingerprint density at radius 2 is 1.37 bits per heavy atom. The maximum Gasteiger partial charge on any atom is 0.246 e. The Morgan fingerprint density at radius 3 is 2.08 bits per heavy atom. The van der Waals surface area contributed by atoms with E-state index in [-0.39, 0.29) is 30.0 Å². The minimum Gasteiger partial charge on any atom is -0.351 e. The van der Waals surface area contributed by atoms with E-state index in [4.69, 9.17) is 0 Å². The number of aryl methyl sites for hydroxylation is 1. The lowest BCUT2D eigenvalue weighted by molar-refractivity contribution is -0.147. The van der Waals surface area contributed by atoms with Crippen LogP contribution in [-0.2, 0) is 32.0 Å². The molecule has 0 radical (unpaired) electrons. The fraction of sp³-hybridized carbons (Fsp3) is 0.467. The van der Waals surface area contributed by atoms with Crippen molar-refractivity contribution in [3.05, 3.63) is 71.3 Å². The van der Waals surface area contributed by atoms with Gasteiger partial charge >= 0.3 is 0 Å². The number of carbonyl (C=O) groups is 4. The molecule has 3 fully saturated rings. The van der Waals surface area contributed by atoms with Crippen molar-refractivity contribution < 1.29 is 19.2 Å². The molecule has 2 aromatic carbocycles. The molecule has 3 aliphatic heterocycles. The molecular formula is C30H36N4O4. The summed E-state index contributed by atoms with van der Waals surface area (Å²) in [4.78, 5) is 57.7. The summed E-state index contributed by atoms with van der Waals surface area (Å²) in [6.45, 7) is 2.97. The lowest BCUT2D eigenvalue weighted by Gasteiger charge is -2.32. The topological polar surface area (TPSA) is 98.8 Å². The van der Waals surface area contributed by atoms with Gasteiger partial charge in [0.15, 0.2) is 0 Å². The van der Waals surface area contributed by atoms with Gasteiger partial charge in [-0.15, -0.1) is 0 Å². The maximum atomic E-state index is 13.9. The van der Waals surface area contributed by atoms with Crippen LogP contribution in [0.1, 0.15) is 48.8 Å². The molecule has 0 spiro atoms. The molecule has 200 valence electrons. The molecule has 3 heterocycles. The Labute approximate surface area is 223 Å². The van der Waals surface area contributed by atoms with Gasteiger partial charge < -0.3 is 20.4 Å². The van der Waals surface area contributed by atoms with Crippen molar-refractivity contribution in [2.75, 3.05) is 13.1 Å². The van der Waals surface area contributed by atoms with Crippen molar-refractivity contribution in [3.63, 3.8) is 0 Å². The Hall–Kier alpha value is -3.68. The third-order valence-corrected chi connectivity index (χ3v) is 7.96. The highest BCUT2D eigenvalue weighted by atomic mass is 16.2. The number of amides is 4. The monoisotopic (exact) mass is 516 g/mol. The highest BCUT2D eigenvalue weighted by Gasteiger charge is 2.44. The third kappa shape index (κ3) is 5.74. The molecule has 2 aromatic rings. The van der Waals surface area contributed by atoms with Gasteiger partial charge in [0.25, 0.3) is 0 Å². The van der Waals surface area contributed by atoms with Gasteiger partial charge in [0.1, 0.15) is 18.1 Å². The average molecular weight is 517 g/mol. The molecule has 8 nitrogen and oxygen atoms in total. The molecule has 0 bridgehead atoms. The van der Waals surface area contributed by atoms with E-state index in [2.05, 4.69) is 10.6 Å². The summed E-state index contributed by atoms with van der Waals surface area (Å²) >= 11 is 0. The molecule has 4 unspecified atom stereocenters. The summed E-state index contributed by atoms with van der Waals surface area (Å²) in [5.41, 5.74) is 3.06. The highest BCUT2D eigenvalue weighted by molar-refractivity contribution is 5.95. The van der Waals surface area contributed by atoms with Gasteiger partial charge in [0, 0.05) is 32.0 Å². The summed E-state index contributed by atoms with van der Waals surface area (Å²) in [5.74, 6) is -0.909. The number of fused-ring (bicyclic) bond motifs is 2. The molecule has 8 heteroatoms. The van der Waals surface area contributed by atoms with Crippen molar-refractivity contribution in [3.8, 4) is 0 Å².